The summed E-state index contributed by atoms with van der Waals surface area (Å²) in [6.45, 7) is 3.66. The van der Waals surface area contributed by atoms with Crippen LogP contribution in [0.2, 0.25) is 0 Å². The summed E-state index contributed by atoms with van der Waals surface area (Å²) in [7, 11) is 0. The van der Waals surface area contributed by atoms with E-state index >= 15 is 0 Å². The van der Waals surface area contributed by atoms with Crippen LogP contribution in [0.4, 0.5) is 0 Å². The van der Waals surface area contributed by atoms with E-state index in [4.69, 9.17) is 0 Å². The number of rotatable bonds is 2. The molecule has 51 valence electrons. The van der Waals surface area contributed by atoms with Crippen LogP contribution in [0.15, 0.2) is 35.3 Å². The van der Waals surface area contributed by atoms with E-state index in [-0.39, 0.29) is 0 Å². The Morgan fingerprint density at radius 1 is 1.70 bits per heavy atom. The molecule has 1 radical (unpaired) electrons. The van der Waals surface area contributed by atoms with E-state index < -0.39 is 0 Å². The molecule has 0 aliphatic rings. The Morgan fingerprint density at radius 2 is 2.50 bits per heavy atom. The van der Waals surface area contributed by atoms with Crippen molar-refractivity contribution < 1.29 is 0 Å². The van der Waals surface area contributed by atoms with E-state index in [2.05, 4.69) is 28.6 Å². The van der Waals surface area contributed by atoms with Crippen LogP contribution in [0.5, 0.6) is 0 Å². The first-order valence-electron chi connectivity index (χ1n) is 3.10. The summed E-state index contributed by atoms with van der Waals surface area (Å²) in [5.74, 6) is 0. The van der Waals surface area contributed by atoms with Crippen molar-refractivity contribution in [1.82, 2.24) is 0 Å². The Hall–Kier alpha value is -0.560. The van der Waals surface area contributed by atoms with Crippen LogP contribution in [0.25, 0.3) is 0 Å². The van der Waals surface area contributed by atoms with Crippen LogP contribution >= 0.6 is 15.9 Å². The quantitative estimate of drug-likeness (QED) is 0.638. The number of hydrogen-bond donors (Lipinski definition) is 0. The molecule has 0 bridgehead atoms. The highest BCUT2D eigenvalue weighted by molar-refractivity contribution is 9.10. The molecule has 0 amide bonds. The summed E-state index contributed by atoms with van der Waals surface area (Å²) in [4.78, 5) is 0. The molecule has 0 nitrogen and oxygen atoms in total. The summed E-state index contributed by atoms with van der Waals surface area (Å²) in [6, 6.07) is 8.84. The highest BCUT2D eigenvalue weighted by Crippen LogP contribution is 2.15. The average molecular weight is 196 g/mol. The minimum absolute atomic E-state index is 0.901. The second kappa shape index (κ2) is 3.57. The molecule has 0 unspecified atom stereocenters. The van der Waals surface area contributed by atoms with Gasteiger partial charge in [-0.3, -0.25) is 0 Å². The molecule has 0 spiro atoms. The molecule has 0 aromatic heterocycles. The zero-order valence-electron chi connectivity index (χ0n) is 5.60. The maximum absolute atomic E-state index is 3.66. The molecular weight excluding hydrogens is 188 g/mol. The summed E-state index contributed by atoms with van der Waals surface area (Å²) < 4.78 is 1.13. The fourth-order valence-corrected chi connectivity index (χ4v) is 1.17. The Bertz CT molecular complexity index is 228. The van der Waals surface area contributed by atoms with Gasteiger partial charge in [0.15, 0.2) is 0 Å². The molecule has 1 aromatic rings. The van der Waals surface area contributed by atoms with Gasteiger partial charge in [-0.2, -0.15) is 0 Å². The van der Waals surface area contributed by atoms with E-state index in [1.807, 2.05) is 24.3 Å². The molecule has 1 aromatic carbocycles. The third-order valence-electron chi connectivity index (χ3n) is 1.25. The summed E-state index contributed by atoms with van der Waals surface area (Å²) in [5.41, 5.74) is 1.23. The molecule has 0 heterocycles. The molecule has 0 aliphatic heterocycles. The highest BCUT2D eigenvalue weighted by atomic mass is 79.9. The molecule has 0 aliphatic carbocycles. The van der Waals surface area contributed by atoms with Crippen LogP contribution in [0.1, 0.15) is 5.56 Å². The van der Waals surface area contributed by atoms with Crippen molar-refractivity contribution in [3.05, 3.63) is 47.0 Å². The Balaban J connectivity index is 2.91. The molecule has 1 rings (SSSR count). The van der Waals surface area contributed by atoms with E-state index in [1.165, 1.54) is 5.56 Å². The first-order valence-corrected chi connectivity index (χ1v) is 3.89. The predicted octanol–water partition coefficient (Wildman–Crippen LogP) is 2.98. The van der Waals surface area contributed by atoms with Gasteiger partial charge in [0.05, 0.1) is 0 Å². The van der Waals surface area contributed by atoms with Crippen LogP contribution in [0, 0.1) is 6.07 Å². The van der Waals surface area contributed by atoms with Crippen LogP contribution in [0.3, 0.4) is 0 Å². The van der Waals surface area contributed by atoms with Gasteiger partial charge in [-0.15, -0.1) is 6.58 Å². The van der Waals surface area contributed by atoms with Crippen LogP contribution < -0.4 is 0 Å². The van der Waals surface area contributed by atoms with Gasteiger partial charge in [0.25, 0.3) is 0 Å². The SMILES string of the molecule is C=CCc1c[c]ccc1Br. The minimum atomic E-state index is 0.901. The Kier molecular flexibility index (Phi) is 2.69. The van der Waals surface area contributed by atoms with Crippen LogP contribution in [-0.2, 0) is 6.42 Å². The van der Waals surface area contributed by atoms with Crippen molar-refractivity contribution >= 4 is 15.9 Å². The van der Waals surface area contributed by atoms with Gasteiger partial charge in [0.1, 0.15) is 0 Å². The van der Waals surface area contributed by atoms with Crippen molar-refractivity contribution in [2.24, 2.45) is 0 Å². The molecule has 0 saturated heterocycles. The maximum atomic E-state index is 3.66. The highest BCUT2D eigenvalue weighted by Gasteiger charge is 1.93. The third-order valence-corrected chi connectivity index (χ3v) is 2.03. The van der Waals surface area contributed by atoms with Crippen molar-refractivity contribution in [3.63, 3.8) is 0 Å². The number of halogens is 1. The number of benzene rings is 1. The molecule has 10 heavy (non-hydrogen) atoms. The lowest BCUT2D eigenvalue weighted by Crippen LogP contribution is -1.80. The minimum Gasteiger partial charge on any atom is -0.103 e. The van der Waals surface area contributed by atoms with Gasteiger partial charge >= 0.3 is 0 Å². The van der Waals surface area contributed by atoms with Gasteiger partial charge in [-0.1, -0.05) is 28.1 Å². The predicted molar refractivity (Wildman–Crippen MR) is 46.9 cm³/mol. The van der Waals surface area contributed by atoms with Gasteiger partial charge in [0, 0.05) is 4.47 Å². The molecule has 0 saturated carbocycles. The van der Waals surface area contributed by atoms with E-state index in [1.54, 1.807) is 0 Å². The normalized spacial score (nSPS) is 9.30. The fourth-order valence-electron chi connectivity index (χ4n) is 0.758. The van der Waals surface area contributed by atoms with Crippen molar-refractivity contribution in [1.29, 1.82) is 0 Å². The molecule has 0 fully saturated rings. The Morgan fingerprint density at radius 3 is 3.10 bits per heavy atom. The van der Waals surface area contributed by atoms with E-state index in [9.17, 15) is 0 Å². The number of hydrogen-bond acceptors (Lipinski definition) is 0. The van der Waals surface area contributed by atoms with Gasteiger partial charge in [0.2, 0.25) is 0 Å². The fraction of sp³-hybridized carbons (Fsp3) is 0.111. The first-order chi connectivity index (χ1) is 4.84. The lowest BCUT2D eigenvalue weighted by Gasteiger charge is -1.97. The standard InChI is InChI=1S/C9H8Br/c1-2-5-8-6-3-4-7-9(8)10/h2,4,6-7H,1,5H2. The van der Waals surface area contributed by atoms with Crippen molar-refractivity contribution in [2.45, 2.75) is 6.42 Å². The van der Waals surface area contributed by atoms with Crippen molar-refractivity contribution in [3.8, 4) is 0 Å². The lowest BCUT2D eigenvalue weighted by atomic mass is 10.2. The zero-order chi connectivity index (χ0) is 7.40. The largest absolute Gasteiger partial charge is 0.103 e. The van der Waals surface area contributed by atoms with Gasteiger partial charge in [-0.05, 0) is 30.2 Å². The summed E-state index contributed by atoms with van der Waals surface area (Å²) in [5, 5.41) is 0. The summed E-state index contributed by atoms with van der Waals surface area (Å²) >= 11 is 3.43. The third kappa shape index (κ3) is 1.71. The van der Waals surface area contributed by atoms with E-state index in [0.29, 0.717) is 0 Å². The second-order valence-electron chi connectivity index (χ2n) is 2.01. The van der Waals surface area contributed by atoms with Gasteiger partial charge < -0.3 is 0 Å². The molecule has 0 N–H and O–H groups in total. The summed E-state index contributed by atoms with van der Waals surface area (Å²) in [6.07, 6.45) is 2.78. The van der Waals surface area contributed by atoms with Crippen molar-refractivity contribution in [2.75, 3.05) is 0 Å². The molecular formula is C9H8Br. The topological polar surface area (TPSA) is 0 Å². The lowest BCUT2D eigenvalue weighted by molar-refractivity contribution is 1.25. The average Bonchev–Trinajstić information content (AvgIpc) is 1.94. The Labute approximate surface area is 69.7 Å². The van der Waals surface area contributed by atoms with Gasteiger partial charge in [-0.25, -0.2) is 0 Å². The second-order valence-corrected chi connectivity index (χ2v) is 2.86. The monoisotopic (exact) mass is 195 g/mol. The van der Waals surface area contributed by atoms with Crippen LogP contribution in [-0.4, -0.2) is 0 Å². The smallest absolute Gasteiger partial charge is 0.0210 e. The molecule has 1 heteroatoms. The first kappa shape index (κ1) is 7.55. The number of allylic oxidation sites excluding steroid dienone is 1. The zero-order valence-corrected chi connectivity index (χ0v) is 7.19. The molecule has 0 atom stereocenters. The van der Waals surface area contributed by atoms with E-state index in [0.717, 1.165) is 10.9 Å². The maximum Gasteiger partial charge on any atom is 0.0210 e.